The van der Waals surface area contributed by atoms with Crippen LogP contribution in [0.4, 0.5) is 5.69 Å². The van der Waals surface area contributed by atoms with E-state index >= 15 is 0 Å². The highest BCUT2D eigenvalue weighted by Gasteiger charge is 2.18. The number of rotatable bonds is 4. The van der Waals surface area contributed by atoms with Crippen LogP contribution in [0.15, 0.2) is 65.5 Å². The number of benzene rings is 2. The van der Waals surface area contributed by atoms with Crippen molar-refractivity contribution in [1.29, 1.82) is 0 Å². The lowest BCUT2D eigenvalue weighted by atomic mass is 10.1. The molecule has 132 valence electrons. The van der Waals surface area contributed by atoms with Crippen LogP contribution in [0.25, 0.3) is 11.3 Å². The normalized spacial score (nSPS) is 11.8. The Morgan fingerprint density at radius 3 is 2.54 bits per heavy atom. The van der Waals surface area contributed by atoms with Gasteiger partial charge in [-0.15, -0.1) is 0 Å². The van der Waals surface area contributed by atoms with Crippen molar-refractivity contribution < 1.29 is 4.79 Å². The van der Waals surface area contributed by atoms with E-state index < -0.39 is 6.04 Å². The standard InChI is InChI=1S/C20H18ClN3O2/c1-13-8-9-16(12-17(13)21)22-20(26)14(2)24-19(25)11-10-18(23-24)15-6-4-3-5-7-15/h3-12,14H,1-2H3,(H,22,26). The van der Waals surface area contributed by atoms with Gasteiger partial charge in [-0.2, -0.15) is 5.10 Å². The van der Waals surface area contributed by atoms with Gasteiger partial charge in [-0.05, 0) is 37.6 Å². The van der Waals surface area contributed by atoms with Gasteiger partial charge in [0.15, 0.2) is 0 Å². The maximum Gasteiger partial charge on any atom is 0.267 e. The predicted octanol–water partition coefficient (Wildman–Crippen LogP) is 4.07. The van der Waals surface area contributed by atoms with Gasteiger partial charge in [0, 0.05) is 22.3 Å². The third kappa shape index (κ3) is 3.83. The topological polar surface area (TPSA) is 64.0 Å². The number of carbonyl (C=O) groups excluding carboxylic acids is 1. The van der Waals surface area contributed by atoms with Crippen molar-refractivity contribution in [3.05, 3.63) is 81.6 Å². The largest absolute Gasteiger partial charge is 0.324 e. The molecule has 1 aromatic heterocycles. The Morgan fingerprint density at radius 2 is 1.85 bits per heavy atom. The number of nitrogens with one attached hydrogen (secondary N) is 1. The van der Waals surface area contributed by atoms with Gasteiger partial charge in [-0.1, -0.05) is 48.0 Å². The number of aromatic nitrogens is 2. The van der Waals surface area contributed by atoms with Crippen molar-refractivity contribution in [3.63, 3.8) is 0 Å². The van der Waals surface area contributed by atoms with Gasteiger partial charge in [0.25, 0.3) is 5.56 Å². The number of amides is 1. The minimum atomic E-state index is -0.772. The van der Waals surface area contributed by atoms with E-state index in [4.69, 9.17) is 11.6 Å². The van der Waals surface area contributed by atoms with Crippen LogP contribution < -0.4 is 10.9 Å². The van der Waals surface area contributed by atoms with Crippen molar-refractivity contribution in [2.75, 3.05) is 5.32 Å². The van der Waals surface area contributed by atoms with Crippen LogP contribution in [0, 0.1) is 6.92 Å². The maximum absolute atomic E-state index is 12.6. The Labute approximate surface area is 156 Å². The fraction of sp³-hybridized carbons (Fsp3) is 0.150. The lowest BCUT2D eigenvalue weighted by Crippen LogP contribution is -2.33. The fourth-order valence-electron chi connectivity index (χ4n) is 2.49. The van der Waals surface area contributed by atoms with Gasteiger partial charge < -0.3 is 5.32 Å². The number of hydrogen-bond donors (Lipinski definition) is 1. The monoisotopic (exact) mass is 367 g/mol. The minimum absolute atomic E-state index is 0.339. The Kier molecular flexibility index (Phi) is 5.19. The Hall–Kier alpha value is -2.92. The molecule has 1 unspecified atom stereocenters. The minimum Gasteiger partial charge on any atom is -0.324 e. The third-order valence-electron chi connectivity index (χ3n) is 4.08. The van der Waals surface area contributed by atoms with Crippen molar-refractivity contribution >= 4 is 23.2 Å². The first-order valence-electron chi connectivity index (χ1n) is 8.18. The molecule has 0 aliphatic carbocycles. The van der Waals surface area contributed by atoms with Crippen LogP contribution in [-0.2, 0) is 4.79 Å². The van der Waals surface area contributed by atoms with E-state index in [1.54, 1.807) is 25.1 Å². The van der Waals surface area contributed by atoms with Crippen LogP contribution in [-0.4, -0.2) is 15.7 Å². The molecule has 0 aliphatic rings. The van der Waals surface area contributed by atoms with E-state index in [0.717, 1.165) is 11.1 Å². The Morgan fingerprint density at radius 1 is 1.12 bits per heavy atom. The summed E-state index contributed by atoms with van der Waals surface area (Å²) < 4.78 is 1.19. The Bertz CT molecular complexity index is 999. The summed E-state index contributed by atoms with van der Waals surface area (Å²) in [5.41, 5.74) is 2.66. The highest BCUT2D eigenvalue weighted by molar-refractivity contribution is 6.31. The van der Waals surface area contributed by atoms with E-state index in [-0.39, 0.29) is 11.5 Å². The summed E-state index contributed by atoms with van der Waals surface area (Å²) in [4.78, 5) is 24.8. The van der Waals surface area contributed by atoms with E-state index in [1.807, 2.05) is 43.3 Å². The van der Waals surface area contributed by atoms with Gasteiger partial charge in [-0.3, -0.25) is 9.59 Å². The Balaban J connectivity index is 1.86. The van der Waals surface area contributed by atoms with Gasteiger partial charge in [0.1, 0.15) is 6.04 Å². The predicted molar refractivity (Wildman–Crippen MR) is 103 cm³/mol. The molecule has 0 radical (unpaired) electrons. The van der Waals surface area contributed by atoms with Crippen LogP contribution in [0.2, 0.25) is 5.02 Å². The second-order valence-electron chi connectivity index (χ2n) is 6.00. The van der Waals surface area contributed by atoms with E-state index in [1.165, 1.54) is 10.7 Å². The zero-order chi connectivity index (χ0) is 18.7. The highest BCUT2D eigenvalue weighted by Crippen LogP contribution is 2.21. The molecule has 5 nitrogen and oxygen atoms in total. The smallest absolute Gasteiger partial charge is 0.267 e. The van der Waals surface area contributed by atoms with Gasteiger partial charge in [0.2, 0.25) is 5.91 Å². The summed E-state index contributed by atoms with van der Waals surface area (Å²) >= 11 is 6.09. The number of nitrogens with zero attached hydrogens (tertiary/aromatic N) is 2. The molecule has 26 heavy (non-hydrogen) atoms. The van der Waals surface area contributed by atoms with E-state index in [9.17, 15) is 9.59 Å². The molecule has 6 heteroatoms. The molecule has 0 saturated heterocycles. The average Bonchev–Trinajstić information content (AvgIpc) is 2.65. The van der Waals surface area contributed by atoms with Gasteiger partial charge in [0.05, 0.1) is 5.69 Å². The van der Waals surface area contributed by atoms with Gasteiger partial charge >= 0.3 is 0 Å². The van der Waals surface area contributed by atoms with E-state index in [0.29, 0.717) is 16.4 Å². The second-order valence-corrected chi connectivity index (χ2v) is 6.40. The van der Waals surface area contributed by atoms with Crippen molar-refractivity contribution in [1.82, 2.24) is 9.78 Å². The van der Waals surface area contributed by atoms with Crippen LogP contribution >= 0.6 is 11.6 Å². The average molecular weight is 368 g/mol. The summed E-state index contributed by atoms with van der Waals surface area (Å²) in [5.74, 6) is -0.343. The number of hydrogen-bond acceptors (Lipinski definition) is 3. The first kappa shape index (κ1) is 17.9. The zero-order valence-electron chi connectivity index (χ0n) is 14.4. The SMILES string of the molecule is Cc1ccc(NC(=O)C(C)n2nc(-c3ccccc3)ccc2=O)cc1Cl. The molecule has 3 aromatic rings. The van der Waals surface area contributed by atoms with Crippen molar-refractivity contribution in [3.8, 4) is 11.3 Å². The summed E-state index contributed by atoms with van der Waals surface area (Å²) in [6.45, 7) is 3.52. The third-order valence-corrected chi connectivity index (χ3v) is 4.49. The summed E-state index contributed by atoms with van der Waals surface area (Å²) in [6, 6.07) is 17.1. The summed E-state index contributed by atoms with van der Waals surface area (Å²) in [6.07, 6.45) is 0. The molecule has 0 bridgehead atoms. The molecule has 1 amide bonds. The van der Waals surface area contributed by atoms with Crippen LogP contribution in [0.3, 0.4) is 0 Å². The van der Waals surface area contributed by atoms with Crippen molar-refractivity contribution in [2.45, 2.75) is 19.9 Å². The second kappa shape index (κ2) is 7.54. The van der Waals surface area contributed by atoms with Gasteiger partial charge in [-0.25, -0.2) is 4.68 Å². The highest BCUT2D eigenvalue weighted by atomic mass is 35.5. The number of aryl methyl sites for hydroxylation is 1. The number of halogens is 1. The molecule has 0 aliphatic heterocycles. The molecule has 0 saturated carbocycles. The molecule has 1 N–H and O–H groups in total. The van der Waals surface area contributed by atoms with Crippen LogP contribution in [0.5, 0.6) is 0 Å². The number of anilines is 1. The zero-order valence-corrected chi connectivity index (χ0v) is 15.2. The summed E-state index contributed by atoms with van der Waals surface area (Å²) in [5, 5.41) is 7.69. The van der Waals surface area contributed by atoms with Crippen LogP contribution in [0.1, 0.15) is 18.5 Å². The molecular formula is C20H18ClN3O2. The van der Waals surface area contributed by atoms with Crippen molar-refractivity contribution in [2.24, 2.45) is 0 Å². The molecule has 0 spiro atoms. The molecule has 3 rings (SSSR count). The first-order valence-corrected chi connectivity index (χ1v) is 8.56. The molecule has 2 aromatic carbocycles. The quantitative estimate of drug-likeness (QED) is 0.755. The van der Waals surface area contributed by atoms with E-state index in [2.05, 4.69) is 10.4 Å². The molecule has 1 heterocycles. The fourth-order valence-corrected chi connectivity index (χ4v) is 2.67. The molecule has 0 fully saturated rings. The lowest BCUT2D eigenvalue weighted by Gasteiger charge is -2.15. The maximum atomic E-state index is 12.6. The molecular weight excluding hydrogens is 350 g/mol. The lowest BCUT2D eigenvalue weighted by molar-refractivity contribution is -0.119. The first-order chi connectivity index (χ1) is 12.5. The number of carbonyl (C=O) groups is 1. The summed E-state index contributed by atoms with van der Waals surface area (Å²) in [7, 11) is 0. The molecule has 1 atom stereocenters.